The number of pyridine rings is 1. The van der Waals surface area contributed by atoms with Crippen LogP contribution in [0, 0.1) is 5.92 Å². The van der Waals surface area contributed by atoms with Crippen molar-refractivity contribution in [3.63, 3.8) is 0 Å². The molecular weight excluding hydrogens is 394 g/mol. The molecule has 1 aliphatic rings. The zero-order valence-corrected chi connectivity index (χ0v) is 19.9. The van der Waals surface area contributed by atoms with Crippen LogP contribution in [-0.4, -0.2) is 45.8 Å². The fourth-order valence-corrected chi connectivity index (χ4v) is 4.65. The van der Waals surface area contributed by atoms with Crippen LogP contribution in [0.2, 0.25) is 0 Å². The summed E-state index contributed by atoms with van der Waals surface area (Å²) in [6.45, 7) is 2.04. The van der Waals surface area contributed by atoms with Gasteiger partial charge in [-0.05, 0) is 61.9 Å². The summed E-state index contributed by atoms with van der Waals surface area (Å²) < 4.78 is 0. The van der Waals surface area contributed by atoms with E-state index < -0.39 is 0 Å². The molecule has 0 unspecified atom stereocenters. The Hall–Kier alpha value is -2.79. The van der Waals surface area contributed by atoms with Crippen molar-refractivity contribution in [1.29, 1.82) is 0 Å². The fourth-order valence-electron chi connectivity index (χ4n) is 4.65. The smallest absolute Gasteiger partial charge is 0.128 e. The average Bonchev–Trinajstić information content (AvgIpc) is 2.80. The van der Waals surface area contributed by atoms with Crippen LogP contribution in [0.5, 0.6) is 0 Å². The molecule has 0 atom stereocenters. The first-order valence-electron chi connectivity index (χ1n) is 11.8. The molecule has 2 N–H and O–H groups in total. The van der Waals surface area contributed by atoms with Crippen LogP contribution in [0.4, 0.5) is 17.2 Å². The Bertz CT molecular complexity index is 1000. The molecule has 2 aromatic carbocycles. The van der Waals surface area contributed by atoms with E-state index in [1.54, 1.807) is 0 Å². The van der Waals surface area contributed by atoms with Crippen LogP contribution in [0.25, 0.3) is 10.9 Å². The number of anilines is 3. The Balaban J connectivity index is 1.26. The maximum atomic E-state index is 4.88. The highest BCUT2D eigenvalue weighted by molar-refractivity contribution is 5.93. The van der Waals surface area contributed by atoms with Gasteiger partial charge in [0.1, 0.15) is 5.82 Å². The first-order valence-corrected chi connectivity index (χ1v) is 11.8. The second-order valence-corrected chi connectivity index (χ2v) is 9.49. The van der Waals surface area contributed by atoms with Gasteiger partial charge < -0.3 is 20.4 Å². The van der Waals surface area contributed by atoms with Gasteiger partial charge in [-0.25, -0.2) is 4.98 Å². The molecule has 1 fully saturated rings. The normalized spacial score (nSPS) is 18.5. The Labute approximate surface area is 192 Å². The van der Waals surface area contributed by atoms with Crippen LogP contribution < -0.4 is 20.4 Å². The lowest BCUT2D eigenvalue weighted by molar-refractivity contribution is 0.324. The third kappa shape index (κ3) is 5.52. The molecule has 0 radical (unpaired) electrons. The highest BCUT2D eigenvalue weighted by atomic mass is 15.1. The molecule has 170 valence electrons. The SMILES string of the molecule is CN(C)c1ccc(CNCC2CCC(Nc3cc(N(C)C)c4ccccc4n3)CC2)cc1. The summed E-state index contributed by atoms with van der Waals surface area (Å²) in [5, 5.41) is 8.60. The number of aromatic nitrogens is 1. The quantitative estimate of drug-likeness (QED) is 0.518. The minimum Gasteiger partial charge on any atom is -0.378 e. The maximum Gasteiger partial charge on any atom is 0.128 e. The molecule has 0 amide bonds. The summed E-state index contributed by atoms with van der Waals surface area (Å²) in [5.41, 5.74) is 4.87. The molecule has 5 heteroatoms. The molecule has 5 nitrogen and oxygen atoms in total. The molecule has 0 aliphatic heterocycles. The van der Waals surface area contributed by atoms with Crippen molar-refractivity contribution in [3.8, 4) is 0 Å². The number of hydrogen-bond acceptors (Lipinski definition) is 5. The van der Waals surface area contributed by atoms with E-state index in [2.05, 4.69) is 103 Å². The predicted molar refractivity (Wildman–Crippen MR) is 138 cm³/mol. The molecule has 0 spiro atoms. The molecule has 4 rings (SSSR count). The summed E-state index contributed by atoms with van der Waals surface area (Å²) >= 11 is 0. The summed E-state index contributed by atoms with van der Waals surface area (Å²) in [5.74, 6) is 1.76. The van der Waals surface area contributed by atoms with Crippen LogP contribution in [-0.2, 0) is 6.54 Å². The predicted octanol–water partition coefficient (Wildman–Crippen LogP) is 5.13. The van der Waals surface area contributed by atoms with E-state index in [-0.39, 0.29) is 0 Å². The zero-order chi connectivity index (χ0) is 22.5. The summed E-state index contributed by atoms with van der Waals surface area (Å²) in [6.07, 6.45) is 4.93. The van der Waals surface area contributed by atoms with Crippen LogP contribution >= 0.6 is 0 Å². The number of fused-ring (bicyclic) bond motifs is 1. The Morgan fingerprint density at radius 3 is 2.28 bits per heavy atom. The van der Waals surface area contributed by atoms with Crippen molar-refractivity contribution in [1.82, 2.24) is 10.3 Å². The van der Waals surface area contributed by atoms with Gasteiger partial charge in [-0.1, -0.05) is 30.3 Å². The first-order chi connectivity index (χ1) is 15.5. The van der Waals surface area contributed by atoms with Crippen LogP contribution in [0.15, 0.2) is 54.6 Å². The van der Waals surface area contributed by atoms with Gasteiger partial charge in [0.2, 0.25) is 0 Å². The minimum atomic E-state index is 0.508. The molecule has 1 aromatic heterocycles. The van der Waals surface area contributed by atoms with Crippen molar-refractivity contribution in [2.45, 2.75) is 38.3 Å². The van der Waals surface area contributed by atoms with E-state index in [0.29, 0.717) is 6.04 Å². The summed E-state index contributed by atoms with van der Waals surface area (Å²) in [7, 11) is 8.35. The monoisotopic (exact) mass is 431 g/mol. The molecular formula is C27H37N5. The van der Waals surface area contributed by atoms with Gasteiger partial charge in [-0.15, -0.1) is 0 Å². The maximum absolute atomic E-state index is 4.88. The second-order valence-electron chi connectivity index (χ2n) is 9.49. The highest BCUT2D eigenvalue weighted by Crippen LogP contribution is 2.30. The van der Waals surface area contributed by atoms with Gasteiger partial charge in [-0.3, -0.25) is 0 Å². The third-order valence-electron chi connectivity index (χ3n) is 6.59. The number of benzene rings is 2. The van der Waals surface area contributed by atoms with Gasteiger partial charge in [0.25, 0.3) is 0 Å². The lowest BCUT2D eigenvalue weighted by Gasteiger charge is -2.30. The Morgan fingerprint density at radius 1 is 0.875 bits per heavy atom. The Kier molecular flexibility index (Phi) is 7.15. The van der Waals surface area contributed by atoms with E-state index in [1.165, 1.54) is 48.0 Å². The zero-order valence-electron chi connectivity index (χ0n) is 19.9. The third-order valence-corrected chi connectivity index (χ3v) is 6.59. The van der Waals surface area contributed by atoms with E-state index in [1.807, 2.05) is 0 Å². The molecule has 1 aliphatic carbocycles. The van der Waals surface area contributed by atoms with Gasteiger partial charge >= 0.3 is 0 Å². The summed E-state index contributed by atoms with van der Waals surface area (Å²) in [4.78, 5) is 9.19. The van der Waals surface area contributed by atoms with Gasteiger partial charge in [-0.2, -0.15) is 0 Å². The van der Waals surface area contributed by atoms with Gasteiger partial charge in [0.05, 0.1) is 5.52 Å². The van der Waals surface area contributed by atoms with Crippen LogP contribution in [0.1, 0.15) is 31.2 Å². The second kappa shape index (κ2) is 10.2. The standard InChI is InChI=1S/C27H37N5/c1-31(2)23-15-11-21(12-16-23)19-28-18-20-9-13-22(14-10-20)29-27-17-26(32(3)4)24-7-5-6-8-25(24)30-27/h5-8,11-12,15-17,20,22,28H,9-10,13-14,18-19H2,1-4H3,(H,29,30). The largest absolute Gasteiger partial charge is 0.378 e. The van der Waals surface area contributed by atoms with E-state index in [9.17, 15) is 0 Å². The number of rotatable bonds is 8. The average molecular weight is 432 g/mol. The lowest BCUT2D eigenvalue weighted by atomic mass is 9.86. The molecule has 0 bridgehead atoms. The number of nitrogens with zero attached hydrogens (tertiary/aromatic N) is 3. The van der Waals surface area contributed by atoms with Crippen molar-refractivity contribution in [3.05, 3.63) is 60.2 Å². The van der Waals surface area contributed by atoms with Crippen molar-refractivity contribution in [2.75, 3.05) is 49.9 Å². The number of hydrogen-bond donors (Lipinski definition) is 2. The van der Waals surface area contributed by atoms with Gasteiger partial charge in [0.15, 0.2) is 0 Å². The molecule has 1 heterocycles. The summed E-state index contributed by atoms with van der Waals surface area (Å²) in [6, 6.07) is 19.9. The molecule has 0 saturated heterocycles. The topological polar surface area (TPSA) is 43.4 Å². The molecule has 1 saturated carbocycles. The first kappa shape index (κ1) is 22.4. The van der Waals surface area contributed by atoms with E-state index in [0.717, 1.165) is 30.3 Å². The van der Waals surface area contributed by atoms with Crippen molar-refractivity contribution in [2.24, 2.45) is 5.92 Å². The van der Waals surface area contributed by atoms with E-state index >= 15 is 0 Å². The van der Waals surface area contributed by atoms with Crippen LogP contribution in [0.3, 0.4) is 0 Å². The number of nitrogens with one attached hydrogen (secondary N) is 2. The highest BCUT2D eigenvalue weighted by Gasteiger charge is 2.21. The minimum absolute atomic E-state index is 0.508. The Morgan fingerprint density at radius 2 is 1.59 bits per heavy atom. The van der Waals surface area contributed by atoms with Crippen molar-refractivity contribution < 1.29 is 0 Å². The van der Waals surface area contributed by atoms with Gasteiger partial charge in [0, 0.05) is 63.6 Å². The molecule has 3 aromatic rings. The van der Waals surface area contributed by atoms with E-state index in [4.69, 9.17) is 4.98 Å². The number of para-hydroxylation sites is 1. The fraction of sp³-hybridized carbons (Fsp3) is 0.444. The lowest BCUT2D eigenvalue weighted by Crippen LogP contribution is -2.31. The molecule has 32 heavy (non-hydrogen) atoms. The van der Waals surface area contributed by atoms with Crippen molar-refractivity contribution >= 4 is 28.1 Å².